The first-order chi connectivity index (χ1) is 15.6. The number of fused-ring (bicyclic) bond motifs is 1. The van der Waals surface area contributed by atoms with E-state index in [-0.39, 0.29) is 6.61 Å². The first kappa shape index (κ1) is 20.8. The summed E-state index contributed by atoms with van der Waals surface area (Å²) >= 11 is 1.61. The van der Waals surface area contributed by atoms with Crippen molar-refractivity contribution in [3.05, 3.63) is 52.2 Å². The fourth-order valence-corrected chi connectivity index (χ4v) is 5.12. The van der Waals surface area contributed by atoms with Crippen LogP contribution in [0.4, 0.5) is 10.9 Å². The lowest BCUT2D eigenvalue weighted by atomic mass is 9.97. The minimum Gasteiger partial charge on any atom is -0.390 e. The van der Waals surface area contributed by atoms with Crippen molar-refractivity contribution in [1.82, 2.24) is 29.3 Å². The van der Waals surface area contributed by atoms with E-state index in [0.29, 0.717) is 5.69 Å². The summed E-state index contributed by atoms with van der Waals surface area (Å²) in [7, 11) is 0. The van der Waals surface area contributed by atoms with Crippen LogP contribution in [0.5, 0.6) is 0 Å². The molecule has 0 saturated heterocycles. The number of aryl methyl sites for hydroxylation is 4. The third kappa shape index (κ3) is 3.71. The van der Waals surface area contributed by atoms with Crippen LogP contribution in [0.3, 0.4) is 0 Å². The van der Waals surface area contributed by atoms with Crippen molar-refractivity contribution in [3.63, 3.8) is 0 Å². The van der Waals surface area contributed by atoms with Crippen molar-refractivity contribution >= 4 is 22.3 Å². The van der Waals surface area contributed by atoms with Gasteiger partial charge < -0.3 is 15.0 Å². The molecule has 1 aliphatic rings. The van der Waals surface area contributed by atoms with Crippen LogP contribution < -0.4 is 5.32 Å². The fourth-order valence-electron chi connectivity index (χ4n) is 4.29. The Kier molecular flexibility index (Phi) is 5.52. The lowest BCUT2D eigenvalue weighted by molar-refractivity contribution is 0.276. The summed E-state index contributed by atoms with van der Waals surface area (Å²) in [6, 6.07) is 3.91. The highest BCUT2D eigenvalue weighted by molar-refractivity contribution is 7.16. The molecule has 4 aromatic rings. The molecule has 9 heteroatoms. The van der Waals surface area contributed by atoms with Crippen LogP contribution in [-0.4, -0.2) is 34.4 Å². The van der Waals surface area contributed by atoms with Gasteiger partial charge in [0.15, 0.2) is 5.13 Å². The third-order valence-corrected chi connectivity index (χ3v) is 6.76. The summed E-state index contributed by atoms with van der Waals surface area (Å²) in [4.78, 5) is 14.9. The molecule has 0 saturated carbocycles. The van der Waals surface area contributed by atoms with E-state index in [0.717, 1.165) is 58.0 Å². The number of hydrogen-bond acceptors (Lipinski definition) is 7. The third-order valence-electron chi connectivity index (χ3n) is 5.88. The summed E-state index contributed by atoms with van der Waals surface area (Å²) in [6.07, 6.45) is 8.18. The molecule has 32 heavy (non-hydrogen) atoms. The molecule has 4 aromatic heterocycles. The lowest BCUT2D eigenvalue weighted by Crippen LogP contribution is -2.05. The second-order valence-corrected chi connectivity index (χ2v) is 9.29. The monoisotopic (exact) mass is 449 g/mol. The Morgan fingerprint density at radius 2 is 2.00 bits per heavy atom. The van der Waals surface area contributed by atoms with Gasteiger partial charge in [-0.3, -0.25) is 0 Å². The average Bonchev–Trinajstić information content (AvgIpc) is 3.50. The number of anilines is 2. The molecule has 1 aliphatic carbocycles. The van der Waals surface area contributed by atoms with Crippen LogP contribution >= 0.6 is 11.3 Å². The van der Waals surface area contributed by atoms with E-state index < -0.39 is 0 Å². The molecule has 0 bridgehead atoms. The van der Waals surface area contributed by atoms with E-state index in [9.17, 15) is 5.11 Å². The summed E-state index contributed by atoms with van der Waals surface area (Å²) in [5.74, 6) is 1.07. The first-order valence-corrected chi connectivity index (χ1v) is 11.8. The summed E-state index contributed by atoms with van der Waals surface area (Å²) in [5.41, 5.74) is 6.46. The first-order valence-electron chi connectivity index (χ1n) is 11.0. The number of nitrogens with one attached hydrogen (secondary N) is 1. The molecule has 5 rings (SSSR count). The fraction of sp³-hybridized carbons (Fsp3) is 0.391. The number of aliphatic hydroxyl groups excluding tert-OH is 1. The topological polar surface area (TPSA) is 93.7 Å². The number of pyridine rings is 1. The number of thiazole rings is 1. The molecule has 0 unspecified atom stereocenters. The molecule has 0 fully saturated rings. The van der Waals surface area contributed by atoms with Crippen LogP contribution in [0.15, 0.2) is 24.7 Å². The van der Waals surface area contributed by atoms with Gasteiger partial charge in [-0.2, -0.15) is 5.10 Å². The highest BCUT2D eigenvalue weighted by atomic mass is 32.1. The molecule has 8 nitrogen and oxygen atoms in total. The van der Waals surface area contributed by atoms with Crippen LogP contribution in [0, 0.1) is 13.8 Å². The number of nitrogens with zero attached hydrogens (tertiary/aromatic N) is 6. The quantitative estimate of drug-likeness (QED) is 0.455. The van der Waals surface area contributed by atoms with Gasteiger partial charge in [-0.25, -0.2) is 19.6 Å². The Balaban J connectivity index is 1.47. The second-order valence-electron chi connectivity index (χ2n) is 8.09. The maximum atomic E-state index is 9.94. The molecule has 0 spiro atoms. The number of rotatable bonds is 6. The van der Waals surface area contributed by atoms with Crippen LogP contribution in [-0.2, 0) is 26.0 Å². The van der Waals surface area contributed by atoms with Crippen molar-refractivity contribution in [2.24, 2.45) is 0 Å². The van der Waals surface area contributed by atoms with Crippen LogP contribution in [0.1, 0.15) is 47.3 Å². The van der Waals surface area contributed by atoms with Crippen molar-refractivity contribution in [3.8, 4) is 17.1 Å². The largest absolute Gasteiger partial charge is 0.390 e. The van der Waals surface area contributed by atoms with E-state index in [1.54, 1.807) is 17.7 Å². The molecule has 0 radical (unpaired) electrons. The van der Waals surface area contributed by atoms with Crippen molar-refractivity contribution in [2.75, 3.05) is 5.32 Å². The van der Waals surface area contributed by atoms with Crippen molar-refractivity contribution in [2.45, 2.75) is 59.6 Å². The summed E-state index contributed by atoms with van der Waals surface area (Å²) in [6.45, 7) is 6.77. The maximum absolute atomic E-state index is 9.94. The van der Waals surface area contributed by atoms with E-state index in [4.69, 9.17) is 15.1 Å². The molecular weight excluding hydrogens is 422 g/mol. The molecule has 4 heterocycles. The summed E-state index contributed by atoms with van der Waals surface area (Å²) in [5, 5.41) is 19.1. The van der Waals surface area contributed by atoms with Gasteiger partial charge in [0.05, 0.1) is 41.4 Å². The average molecular weight is 450 g/mol. The highest BCUT2D eigenvalue weighted by Crippen LogP contribution is 2.35. The van der Waals surface area contributed by atoms with E-state index in [1.807, 2.05) is 29.8 Å². The standard InChI is InChI=1S/C23H27N7OS/c1-4-30-22(16-7-5-6-8-17(16)28-30)27-23-26-21(15(3)32-23)18-9-10-20(19(12-31)25-18)29-11-14(2)24-13-29/h9-11,13,31H,4-8,12H2,1-3H3,(H,26,27). The Labute approximate surface area is 191 Å². The Bertz CT molecular complexity index is 1270. The Morgan fingerprint density at radius 1 is 1.16 bits per heavy atom. The van der Waals surface area contributed by atoms with E-state index in [1.165, 1.54) is 24.1 Å². The minimum absolute atomic E-state index is 0.156. The van der Waals surface area contributed by atoms with Gasteiger partial charge >= 0.3 is 0 Å². The molecule has 2 N–H and O–H groups in total. The van der Waals surface area contributed by atoms with Crippen LogP contribution in [0.2, 0.25) is 0 Å². The van der Waals surface area contributed by atoms with Crippen molar-refractivity contribution < 1.29 is 5.11 Å². The smallest absolute Gasteiger partial charge is 0.189 e. The molecule has 0 aliphatic heterocycles. The van der Waals surface area contributed by atoms with Gasteiger partial charge in [-0.1, -0.05) is 0 Å². The number of imidazole rings is 1. The Morgan fingerprint density at radius 3 is 2.75 bits per heavy atom. The van der Waals surface area contributed by atoms with E-state index >= 15 is 0 Å². The number of aliphatic hydroxyl groups is 1. The molecule has 0 aromatic carbocycles. The molecule has 166 valence electrons. The zero-order valence-electron chi connectivity index (χ0n) is 18.6. The van der Waals surface area contributed by atoms with Crippen molar-refractivity contribution in [1.29, 1.82) is 0 Å². The van der Waals surface area contributed by atoms with Gasteiger partial charge in [0, 0.05) is 23.2 Å². The molecule has 0 atom stereocenters. The number of hydrogen-bond donors (Lipinski definition) is 2. The lowest BCUT2D eigenvalue weighted by Gasteiger charge is -2.12. The van der Waals surface area contributed by atoms with E-state index in [2.05, 4.69) is 28.8 Å². The number of aromatic nitrogens is 6. The van der Waals surface area contributed by atoms with Gasteiger partial charge in [0.2, 0.25) is 0 Å². The second kappa shape index (κ2) is 8.48. The van der Waals surface area contributed by atoms with Gasteiger partial charge in [0.1, 0.15) is 11.5 Å². The zero-order chi connectivity index (χ0) is 22.2. The van der Waals surface area contributed by atoms with Gasteiger partial charge in [0.25, 0.3) is 0 Å². The summed E-state index contributed by atoms with van der Waals surface area (Å²) < 4.78 is 3.93. The minimum atomic E-state index is -0.156. The molecular formula is C23H27N7OS. The zero-order valence-corrected chi connectivity index (χ0v) is 19.4. The maximum Gasteiger partial charge on any atom is 0.189 e. The normalized spacial score (nSPS) is 13.4. The highest BCUT2D eigenvalue weighted by Gasteiger charge is 2.22. The molecule has 0 amide bonds. The predicted molar refractivity (Wildman–Crippen MR) is 126 cm³/mol. The van der Waals surface area contributed by atoms with Gasteiger partial charge in [-0.05, 0) is 58.6 Å². The van der Waals surface area contributed by atoms with Crippen LogP contribution in [0.25, 0.3) is 17.1 Å². The Hall–Kier alpha value is -3.04. The van der Waals surface area contributed by atoms with Gasteiger partial charge in [-0.15, -0.1) is 11.3 Å². The SMILES string of the molecule is CCn1nc2c(c1Nc1nc(-c3ccc(-n4cnc(C)c4)c(CO)n3)c(C)s1)CCCC2. The predicted octanol–water partition coefficient (Wildman–Crippen LogP) is 4.34.